The second-order valence-electron chi connectivity index (χ2n) is 4.63. The van der Waals surface area contributed by atoms with Gasteiger partial charge in [0.05, 0.1) is 0 Å². The summed E-state index contributed by atoms with van der Waals surface area (Å²) in [6.45, 7) is 0.227. The highest BCUT2D eigenvalue weighted by atomic mass is 35.5. The maximum Gasteiger partial charge on any atom is 0.326 e. The molecule has 0 saturated heterocycles. The predicted octanol–water partition coefficient (Wildman–Crippen LogP) is 1.85. The number of benzene rings is 1. The molecule has 1 atom stereocenters. The number of aliphatic carboxylic acids is 2. The SMILES string of the molecule is O=C(O)CCCC(NC(=O)NCc1ccc(Cl)cc1)C(=O)O. The maximum atomic E-state index is 11.7. The van der Waals surface area contributed by atoms with Crippen molar-refractivity contribution in [1.82, 2.24) is 10.6 Å². The number of carbonyl (C=O) groups excluding carboxylic acids is 1. The summed E-state index contributed by atoms with van der Waals surface area (Å²) in [5, 5.41) is 22.9. The van der Waals surface area contributed by atoms with Crippen LogP contribution in [0.5, 0.6) is 0 Å². The Morgan fingerprint density at radius 1 is 1.14 bits per heavy atom. The Labute approximate surface area is 132 Å². The molecule has 0 aliphatic heterocycles. The fourth-order valence-corrected chi connectivity index (χ4v) is 1.83. The molecule has 0 saturated carbocycles. The zero-order valence-corrected chi connectivity index (χ0v) is 12.5. The molecule has 0 aromatic heterocycles. The standard InChI is InChI=1S/C14H17ClN2O5/c15-10-6-4-9(5-7-10)8-16-14(22)17-11(13(20)21)2-1-3-12(18)19/h4-7,11H,1-3,8H2,(H,18,19)(H,20,21)(H2,16,17,22). The van der Waals surface area contributed by atoms with E-state index in [0.717, 1.165) is 5.56 Å². The highest BCUT2D eigenvalue weighted by molar-refractivity contribution is 6.30. The van der Waals surface area contributed by atoms with Crippen LogP contribution in [0.3, 0.4) is 0 Å². The molecule has 0 aliphatic rings. The predicted molar refractivity (Wildman–Crippen MR) is 79.7 cm³/mol. The summed E-state index contributed by atoms with van der Waals surface area (Å²) in [7, 11) is 0. The Bertz CT molecular complexity index is 533. The second kappa shape index (κ2) is 8.89. The van der Waals surface area contributed by atoms with Gasteiger partial charge in [-0.05, 0) is 30.5 Å². The largest absolute Gasteiger partial charge is 0.481 e. The van der Waals surface area contributed by atoms with Crippen molar-refractivity contribution < 1.29 is 24.6 Å². The summed E-state index contributed by atoms with van der Waals surface area (Å²) in [5.41, 5.74) is 0.817. The highest BCUT2D eigenvalue weighted by Gasteiger charge is 2.19. The van der Waals surface area contributed by atoms with E-state index in [-0.39, 0.29) is 25.8 Å². The van der Waals surface area contributed by atoms with E-state index in [1.807, 2.05) is 0 Å². The van der Waals surface area contributed by atoms with Crippen LogP contribution in [0.4, 0.5) is 4.79 Å². The molecule has 0 aliphatic carbocycles. The fourth-order valence-electron chi connectivity index (χ4n) is 1.71. The van der Waals surface area contributed by atoms with Crippen LogP contribution in [0.15, 0.2) is 24.3 Å². The molecule has 2 amide bonds. The van der Waals surface area contributed by atoms with Gasteiger partial charge in [0.25, 0.3) is 0 Å². The zero-order chi connectivity index (χ0) is 16.5. The number of urea groups is 1. The molecule has 1 unspecified atom stereocenters. The van der Waals surface area contributed by atoms with Gasteiger partial charge in [0.2, 0.25) is 0 Å². The summed E-state index contributed by atoms with van der Waals surface area (Å²) < 4.78 is 0. The van der Waals surface area contributed by atoms with E-state index >= 15 is 0 Å². The van der Waals surface area contributed by atoms with E-state index in [1.54, 1.807) is 24.3 Å². The smallest absolute Gasteiger partial charge is 0.326 e. The first-order chi connectivity index (χ1) is 10.4. The Hall–Kier alpha value is -2.28. The lowest BCUT2D eigenvalue weighted by Crippen LogP contribution is -2.45. The lowest BCUT2D eigenvalue weighted by molar-refractivity contribution is -0.140. The third-order valence-electron chi connectivity index (χ3n) is 2.85. The molecule has 0 fully saturated rings. The van der Waals surface area contributed by atoms with Crippen molar-refractivity contribution in [2.24, 2.45) is 0 Å². The molecular weight excluding hydrogens is 312 g/mol. The number of nitrogens with one attached hydrogen (secondary N) is 2. The van der Waals surface area contributed by atoms with Gasteiger partial charge in [0.1, 0.15) is 6.04 Å². The van der Waals surface area contributed by atoms with Gasteiger partial charge in [-0.15, -0.1) is 0 Å². The summed E-state index contributed by atoms with van der Waals surface area (Å²) in [5.74, 6) is -2.21. The van der Waals surface area contributed by atoms with E-state index in [0.29, 0.717) is 5.02 Å². The molecule has 0 spiro atoms. The molecule has 22 heavy (non-hydrogen) atoms. The molecule has 4 N–H and O–H groups in total. The lowest BCUT2D eigenvalue weighted by Gasteiger charge is -2.14. The normalized spacial score (nSPS) is 11.5. The number of carboxylic acids is 2. The quantitative estimate of drug-likeness (QED) is 0.581. The molecule has 1 aromatic carbocycles. The first-order valence-corrected chi connectivity index (χ1v) is 6.99. The van der Waals surface area contributed by atoms with Crippen LogP contribution in [-0.2, 0) is 16.1 Å². The fraction of sp³-hybridized carbons (Fsp3) is 0.357. The Balaban J connectivity index is 2.40. The zero-order valence-electron chi connectivity index (χ0n) is 11.7. The molecule has 1 aromatic rings. The number of hydrogen-bond donors (Lipinski definition) is 4. The van der Waals surface area contributed by atoms with Crippen LogP contribution in [0.2, 0.25) is 5.02 Å². The van der Waals surface area contributed by atoms with Crippen LogP contribution < -0.4 is 10.6 Å². The molecule has 8 heteroatoms. The summed E-state index contributed by atoms with van der Waals surface area (Å²) >= 11 is 5.74. The Morgan fingerprint density at radius 2 is 1.77 bits per heavy atom. The Morgan fingerprint density at radius 3 is 2.32 bits per heavy atom. The minimum Gasteiger partial charge on any atom is -0.481 e. The van der Waals surface area contributed by atoms with Crippen molar-refractivity contribution in [2.45, 2.75) is 31.8 Å². The van der Waals surface area contributed by atoms with Crippen molar-refractivity contribution in [3.8, 4) is 0 Å². The number of rotatable bonds is 8. The van der Waals surface area contributed by atoms with Crippen LogP contribution in [0.1, 0.15) is 24.8 Å². The van der Waals surface area contributed by atoms with Gasteiger partial charge in [-0.1, -0.05) is 23.7 Å². The van der Waals surface area contributed by atoms with Gasteiger partial charge in [0, 0.05) is 18.0 Å². The molecular formula is C14H17ClN2O5. The average molecular weight is 329 g/mol. The van der Waals surface area contributed by atoms with E-state index in [1.165, 1.54) is 0 Å². The van der Waals surface area contributed by atoms with Gasteiger partial charge in [-0.25, -0.2) is 9.59 Å². The van der Waals surface area contributed by atoms with Gasteiger partial charge < -0.3 is 20.8 Å². The molecule has 0 bridgehead atoms. The molecule has 7 nitrogen and oxygen atoms in total. The van der Waals surface area contributed by atoms with Crippen molar-refractivity contribution >= 4 is 29.6 Å². The average Bonchev–Trinajstić information content (AvgIpc) is 2.45. The third kappa shape index (κ3) is 6.94. The first kappa shape index (κ1) is 17.8. The number of amides is 2. The van der Waals surface area contributed by atoms with Gasteiger partial charge >= 0.3 is 18.0 Å². The minimum absolute atomic E-state index is 0.0516. The van der Waals surface area contributed by atoms with Gasteiger partial charge in [-0.2, -0.15) is 0 Å². The monoisotopic (exact) mass is 328 g/mol. The van der Waals surface area contributed by atoms with E-state index in [9.17, 15) is 14.4 Å². The van der Waals surface area contributed by atoms with E-state index < -0.39 is 24.0 Å². The van der Waals surface area contributed by atoms with Gasteiger partial charge in [-0.3, -0.25) is 4.79 Å². The molecule has 1 rings (SSSR count). The molecule has 0 heterocycles. The van der Waals surface area contributed by atoms with E-state index in [4.69, 9.17) is 21.8 Å². The van der Waals surface area contributed by atoms with Gasteiger partial charge in [0.15, 0.2) is 0 Å². The Kier molecular flexibility index (Phi) is 7.18. The van der Waals surface area contributed by atoms with Crippen LogP contribution in [0, 0.1) is 0 Å². The third-order valence-corrected chi connectivity index (χ3v) is 3.11. The maximum absolute atomic E-state index is 11.7. The number of hydrogen-bond acceptors (Lipinski definition) is 3. The van der Waals surface area contributed by atoms with Crippen molar-refractivity contribution in [3.63, 3.8) is 0 Å². The van der Waals surface area contributed by atoms with Crippen LogP contribution in [0.25, 0.3) is 0 Å². The summed E-state index contributed by atoms with van der Waals surface area (Å²) in [4.78, 5) is 33.1. The second-order valence-corrected chi connectivity index (χ2v) is 5.07. The van der Waals surface area contributed by atoms with Crippen molar-refractivity contribution in [3.05, 3.63) is 34.9 Å². The van der Waals surface area contributed by atoms with Crippen molar-refractivity contribution in [2.75, 3.05) is 0 Å². The summed E-state index contributed by atoms with van der Waals surface area (Å²) in [6.07, 6.45) is 0.0810. The van der Waals surface area contributed by atoms with Crippen LogP contribution >= 0.6 is 11.6 Å². The topological polar surface area (TPSA) is 116 Å². The lowest BCUT2D eigenvalue weighted by atomic mass is 10.1. The number of halogens is 1. The number of carbonyl (C=O) groups is 3. The van der Waals surface area contributed by atoms with Crippen LogP contribution in [-0.4, -0.2) is 34.2 Å². The number of carboxylic acid groups (broad SMARTS) is 2. The molecule has 120 valence electrons. The summed E-state index contributed by atoms with van der Waals surface area (Å²) in [6, 6.07) is 5.10. The highest BCUT2D eigenvalue weighted by Crippen LogP contribution is 2.09. The van der Waals surface area contributed by atoms with E-state index in [2.05, 4.69) is 10.6 Å². The van der Waals surface area contributed by atoms with Crippen molar-refractivity contribution in [1.29, 1.82) is 0 Å². The first-order valence-electron chi connectivity index (χ1n) is 6.62. The minimum atomic E-state index is -1.20. The molecule has 0 radical (unpaired) electrons.